The van der Waals surface area contributed by atoms with E-state index in [-0.39, 0.29) is 12.4 Å². The standard InChI is InChI=1S/C26H19F3N2O2/c27-26(28,29)33-23-7-1-5-20(16-23)24-15-19(14-21-6-3-13-31-25(21)24)17-32-22-10-8-18(9-11-22)4-2-12-30/h1,3,5-11,13-16H,2,4,17H2. The van der Waals surface area contributed by atoms with Gasteiger partial charge in [0.15, 0.2) is 0 Å². The van der Waals surface area contributed by atoms with Crippen LogP contribution in [0.15, 0.2) is 79.0 Å². The molecule has 0 aliphatic carbocycles. The van der Waals surface area contributed by atoms with E-state index in [1.54, 1.807) is 18.3 Å². The van der Waals surface area contributed by atoms with Crippen molar-refractivity contribution < 1.29 is 22.6 Å². The van der Waals surface area contributed by atoms with Crippen LogP contribution >= 0.6 is 0 Å². The van der Waals surface area contributed by atoms with Gasteiger partial charge in [0.05, 0.1) is 11.6 Å². The summed E-state index contributed by atoms with van der Waals surface area (Å²) in [5, 5.41) is 9.55. The number of hydrogen-bond acceptors (Lipinski definition) is 4. The fourth-order valence-electron chi connectivity index (χ4n) is 3.54. The van der Waals surface area contributed by atoms with Crippen LogP contribution < -0.4 is 9.47 Å². The van der Waals surface area contributed by atoms with Crippen molar-refractivity contribution >= 4 is 10.9 Å². The summed E-state index contributed by atoms with van der Waals surface area (Å²) in [6.07, 6.45) is -1.97. The number of halogens is 3. The third-order valence-corrected chi connectivity index (χ3v) is 5.00. The van der Waals surface area contributed by atoms with Crippen LogP contribution in [0.3, 0.4) is 0 Å². The molecule has 0 bridgehead atoms. The molecule has 0 aliphatic rings. The molecule has 0 unspecified atom stereocenters. The van der Waals surface area contributed by atoms with Crippen LogP contribution in [-0.4, -0.2) is 11.3 Å². The molecule has 0 saturated carbocycles. The zero-order valence-electron chi connectivity index (χ0n) is 17.5. The number of aryl methyl sites for hydroxylation is 1. The van der Waals surface area contributed by atoms with Gasteiger partial charge in [0, 0.05) is 23.6 Å². The van der Waals surface area contributed by atoms with E-state index in [0.717, 1.165) is 16.5 Å². The number of hydrogen-bond donors (Lipinski definition) is 0. The normalized spacial score (nSPS) is 11.2. The monoisotopic (exact) mass is 448 g/mol. The first kappa shape index (κ1) is 22.2. The van der Waals surface area contributed by atoms with Crippen LogP contribution in [0.25, 0.3) is 22.0 Å². The minimum Gasteiger partial charge on any atom is -0.489 e. The van der Waals surface area contributed by atoms with Gasteiger partial charge >= 0.3 is 6.36 Å². The highest BCUT2D eigenvalue weighted by Gasteiger charge is 2.31. The van der Waals surface area contributed by atoms with Gasteiger partial charge in [-0.25, -0.2) is 0 Å². The van der Waals surface area contributed by atoms with E-state index in [0.29, 0.717) is 35.2 Å². The van der Waals surface area contributed by atoms with E-state index in [2.05, 4.69) is 15.8 Å². The van der Waals surface area contributed by atoms with Gasteiger partial charge in [-0.15, -0.1) is 13.2 Å². The number of nitriles is 1. The van der Waals surface area contributed by atoms with Crippen molar-refractivity contribution in [1.82, 2.24) is 4.98 Å². The first-order valence-corrected chi connectivity index (χ1v) is 10.2. The first-order chi connectivity index (χ1) is 15.9. The van der Waals surface area contributed by atoms with E-state index in [1.807, 2.05) is 42.5 Å². The van der Waals surface area contributed by atoms with Crippen molar-refractivity contribution in [2.75, 3.05) is 0 Å². The lowest BCUT2D eigenvalue weighted by molar-refractivity contribution is -0.274. The second-order valence-electron chi connectivity index (χ2n) is 7.38. The molecule has 7 heteroatoms. The largest absolute Gasteiger partial charge is 0.573 e. The summed E-state index contributed by atoms with van der Waals surface area (Å²) in [4.78, 5) is 4.43. The van der Waals surface area contributed by atoms with E-state index in [9.17, 15) is 13.2 Å². The van der Waals surface area contributed by atoms with E-state index >= 15 is 0 Å². The summed E-state index contributed by atoms with van der Waals surface area (Å²) in [7, 11) is 0. The minimum atomic E-state index is -4.77. The zero-order chi connectivity index (χ0) is 23.3. The number of benzene rings is 3. The third-order valence-electron chi connectivity index (χ3n) is 5.00. The summed E-state index contributed by atoms with van der Waals surface area (Å²) in [5.74, 6) is 0.395. The smallest absolute Gasteiger partial charge is 0.489 e. The maximum Gasteiger partial charge on any atom is 0.573 e. The molecule has 0 atom stereocenters. The number of rotatable bonds is 7. The Kier molecular flexibility index (Phi) is 6.45. The number of ether oxygens (including phenoxy) is 2. The molecule has 4 nitrogen and oxygen atoms in total. The molecule has 0 saturated heterocycles. The molecule has 0 spiro atoms. The molecule has 166 valence electrons. The second-order valence-corrected chi connectivity index (χ2v) is 7.38. The maximum atomic E-state index is 12.7. The van der Waals surface area contributed by atoms with Crippen molar-refractivity contribution in [3.05, 3.63) is 90.1 Å². The van der Waals surface area contributed by atoms with Gasteiger partial charge in [-0.05, 0) is 65.6 Å². The Morgan fingerprint density at radius 2 is 1.70 bits per heavy atom. The van der Waals surface area contributed by atoms with Crippen molar-refractivity contribution in [1.29, 1.82) is 5.26 Å². The molecule has 1 aromatic heterocycles. The molecule has 0 radical (unpaired) electrons. The summed E-state index contributed by atoms with van der Waals surface area (Å²) in [5.41, 5.74) is 3.83. The van der Waals surface area contributed by atoms with Crippen LogP contribution in [0.5, 0.6) is 11.5 Å². The highest BCUT2D eigenvalue weighted by atomic mass is 19.4. The topological polar surface area (TPSA) is 55.1 Å². The van der Waals surface area contributed by atoms with Crippen LogP contribution in [-0.2, 0) is 13.0 Å². The lowest BCUT2D eigenvalue weighted by atomic mass is 9.99. The van der Waals surface area contributed by atoms with Gasteiger partial charge in [-0.1, -0.05) is 30.3 Å². The third kappa shape index (κ3) is 5.80. The van der Waals surface area contributed by atoms with E-state index < -0.39 is 6.36 Å². The molecular formula is C26H19F3N2O2. The molecular weight excluding hydrogens is 429 g/mol. The Bertz CT molecular complexity index is 1300. The molecule has 1 heterocycles. The molecule has 4 aromatic rings. The summed E-state index contributed by atoms with van der Waals surface area (Å²) in [6.45, 7) is 0.272. The van der Waals surface area contributed by atoms with Gasteiger partial charge in [-0.2, -0.15) is 5.26 Å². The predicted molar refractivity (Wildman–Crippen MR) is 119 cm³/mol. The Labute approximate surface area is 188 Å². The van der Waals surface area contributed by atoms with Crippen LogP contribution in [0.1, 0.15) is 17.5 Å². The molecule has 0 aliphatic heterocycles. The Hall–Kier alpha value is -4.05. The Balaban J connectivity index is 1.61. The van der Waals surface area contributed by atoms with Gasteiger partial charge in [-0.3, -0.25) is 4.98 Å². The van der Waals surface area contributed by atoms with Gasteiger partial charge in [0.2, 0.25) is 0 Å². The fraction of sp³-hybridized carbons (Fsp3) is 0.154. The highest BCUT2D eigenvalue weighted by molar-refractivity contribution is 5.94. The van der Waals surface area contributed by atoms with Crippen LogP contribution in [0.4, 0.5) is 13.2 Å². The second kappa shape index (κ2) is 9.61. The Morgan fingerprint density at radius 1 is 0.879 bits per heavy atom. The van der Waals surface area contributed by atoms with Crippen LogP contribution in [0, 0.1) is 11.3 Å². The molecule has 0 amide bonds. The minimum absolute atomic E-state index is 0.272. The van der Waals surface area contributed by atoms with Crippen molar-refractivity contribution in [2.24, 2.45) is 0 Å². The summed E-state index contributed by atoms with van der Waals surface area (Å²) in [6, 6.07) is 23.1. The fourth-order valence-corrected chi connectivity index (χ4v) is 3.54. The van der Waals surface area contributed by atoms with Gasteiger partial charge in [0.1, 0.15) is 18.1 Å². The molecule has 4 rings (SSSR count). The average molecular weight is 448 g/mol. The van der Waals surface area contributed by atoms with E-state index in [4.69, 9.17) is 10.00 Å². The molecule has 0 fully saturated rings. The van der Waals surface area contributed by atoms with Crippen molar-refractivity contribution in [3.63, 3.8) is 0 Å². The number of aromatic nitrogens is 1. The van der Waals surface area contributed by atoms with Gasteiger partial charge in [0.25, 0.3) is 0 Å². The van der Waals surface area contributed by atoms with E-state index in [1.165, 1.54) is 18.2 Å². The number of pyridine rings is 1. The molecule has 33 heavy (non-hydrogen) atoms. The first-order valence-electron chi connectivity index (χ1n) is 10.2. The quantitative estimate of drug-likeness (QED) is 0.311. The molecule has 3 aromatic carbocycles. The average Bonchev–Trinajstić information content (AvgIpc) is 2.80. The lowest BCUT2D eigenvalue weighted by Gasteiger charge is -2.13. The summed E-state index contributed by atoms with van der Waals surface area (Å²) < 4.78 is 48.0. The number of fused-ring (bicyclic) bond motifs is 1. The Morgan fingerprint density at radius 3 is 2.45 bits per heavy atom. The zero-order valence-corrected chi connectivity index (χ0v) is 17.5. The van der Waals surface area contributed by atoms with Crippen LogP contribution in [0.2, 0.25) is 0 Å². The predicted octanol–water partition coefficient (Wildman–Crippen LogP) is 6.84. The summed E-state index contributed by atoms with van der Waals surface area (Å²) >= 11 is 0. The SMILES string of the molecule is N#CCCc1ccc(OCc2cc(-c3cccc(OC(F)(F)F)c3)c3ncccc3c2)cc1. The molecule has 0 N–H and O–H groups in total. The van der Waals surface area contributed by atoms with Crippen molar-refractivity contribution in [2.45, 2.75) is 25.8 Å². The van der Waals surface area contributed by atoms with Gasteiger partial charge < -0.3 is 9.47 Å². The van der Waals surface area contributed by atoms with Crippen molar-refractivity contribution in [3.8, 4) is 28.7 Å². The number of nitrogens with zero attached hydrogens (tertiary/aromatic N) is 2. The number of alkyl halides is 3. The maximum absolute atomic E-state index is 12.7. The highest BCUT2D eigenvalue weighted by Crippen LogP contribution is 2.33. The lowest BCUT2D eigenvalue weighted by Crippen LogP contribution is -2.17.